The molecule has 0 aliphatic heterocycles. The number of carbonyl (C=O) groups excluding carboxylic acids is 1. The number of ketones is 1. The van der Waals surface area contributed by atoms with Gasteiger partial charge in [0.25, 0.3) is 0 Å². The minimum absolute atomic E-state index is 0.0823. The van der Waals surface area contributed by atoms with Crippen molar-refractivity contribution in [2.45, 2.75) is 19.8 Å². The number of hydrogen-bond donors (Lipinski definition) is 1. The van der Waals surface area contributed by atoms with Crippen molar-refractivity contribution in [3.63, 3.8) is 0 Å². The molecule has 1 rings (SSSR count). The van der Waals surface area contributed by atoms with Crippen molar-refractivity contribution in [1.29, 1.82) is 0 Å². The SMILES string of the molecule is CC(=O)c1ccc(OCCCC(=O)O)cn1. The van der Waals surface area contributed by atoms with Gasteiger partial charge in [-0.05, 0) is 18.6 Å². The molecule has 0 saturated carbocycles. The first-order chi connectivity index (χ1) is 7.59. The van der Waals surface area contributed by atoms with Crippen LogP contribution in [-0.2, 0) is 4.79 Å². The summed E-state index contributed by atoms with van der Waals surface area (Å²) < 4.78 is 5.25. The third kappa shape index (κ3) is 4.08. The number of carboxylic acids is 1. The number of carbonyl (C=O) groups is 2. The van der Waals surface area contributed by atoms with Crippen LogP contribution in [0.2, 0.25) is 0 Å². The average Bonchev–Trinajstić information content (AvgIpc) is 2.25. The topological polar surface area (TPSA) is 76.5 Å². The molecular formula is C11H13NO4. The van der Waals surface area contributed by atoms with Gasteiger partial charge in [-0.2, -0.15) is 0 Å². The van der Waals surface area contributed by atoms with Crippen molar-refractivity contribution in [2.24, 2.45) is 0 Å². The second-order valence-electron chi connectivity index (χ2n) is 3.28. The Kier molecular flexibility index (Phi) is 4.44. The van der Waals surface area contributed by atoms with Gasteiger partial charge in [0.05, 0.1) is 12.8 Å². The van der Waals surface area contributed by atoms with Crippen molar-refractivity contribution in [3.05, 3.63) is 24.0 Å². The van der Waals surface area contributed by atoms with E-state index in [1.165, 1.54) is 13.1 Å². The second kappa shape index (κ2) is 5.85. The smallest absolute Gasteiger partial charge is 0.303 e. The summed E-state index contributed by atoms with van der Waals surface area (Å²) in [4.78, 5) is 25.0. The average molecular weight is 223 g/mol. The molecule has 1 aromatic heterocycles. The summed E-state index contributed by atoms with van der Waals surface area (Å²) in [5.74, 6) is -0.401. The van der Waals surface area contributed by atoms with E-state index in [1.807, 2.05) is 0 Å². The van der Waals surface area contributed by atoms with E-state index in [4.69, 9.17) is 9.84 Å². The first-order valence-electron chi connectivity index (χ1n) is 4.91. The van der Waals surface area contributed by atoms with Gasteiger partial charge in [0, 0.05) is 13.3 Å². The highest BCUT2D eigenvalue weighted by atomic mass is 16.5. The maximum atomic E-state index is 10.9. The summed E-state index contributed by atoms with van der Waals surface area (Å²) in [5, 5.41) is 8.40. The molecule has 16 heavy (non-hydrogen) atoms. The standard InChI is InChI=1S/C11H13NO4/c1-8(13)10-5-4-9(7-12-10)16-6-2-3-11(14)15/h4-5,7H,2-3,6H2,1H3,(H,14,15). The van der Waals surface area contributed by atoms with Crippen LogP contribution in [0, 0.1) is 0 Å². The third-order valence-corrected chi connectivity index (χ3v) is 1.90. The molecule has 0 amide bonds. The summed E-state index contributed by atoms with van der Waals surface area (Å²) in [6, 6.07) is 3.22. The number of pyridine rings is 1. The lowest BCUT2D eigenvalue weighted by molar-refractivity contribution is -0.137. The van der Waals surface area contributed by atoms with Gasteiger partial charge >= 0.3 is 5.97 Å². The Morgan fingerprint density at radius 1 is 1.44 bits per heavy atom. The minimum atomic E-state index is -0.839. The molecule has 0 aromatic carbocycles. The van der Waals surface area contributed by atoms with E-state index in [0.717, 1.165) is 0 Å². The minimum Gasteiger partial charge on any atom is -0.492 e. The fraction of sp³-hybridized carbons (Fsp3) is 0.364. The quantitative estimate of drug-likeness (QED) is 0.584. The largest absolute Gasteiger partial charge is 0.492 e. The van der Waals surface area contributed by atoms with E-state index < -0.39 is 5.97 Å². The number of nitrogens with zero attached hydrogens (tertiary/aromatic N) is 1. The van der Waals surface area contributed by atoms with E-state index in [-0.39, 0.29) is 12.2 Å². The first kappa shape index (κ1) is 12.2. The molecule has 1 heterocycles. The van der Waals surface area contributed by atoms with Crippen LogP contribution in [0.3, 0.4) is 0 Å². The Hall–Kier alpha value is -1.91. The molecule has 0 radical (unpaired) electrons. The number of carboxylic acid groups (broad SMARTS) is 1. The molecular weight excluding hydrogens is 210 g/mol. The van der Waals surface area contributed by atoms with Crippen LogP contribution < -0.4 is 4.74 Å². The maximum absolute atomic E-state index is 10.9. The lowest BCUT2D eigenvalue weighted by Crippen LogP contribution is -2.03. The fourth-order valence-corrected chi connectivity index (χ4v) is 1.09. The highest BCUT2D eigenvalue weighted by Gasteiger charge is 2.01. The number of ether oxygens (including phenoxy) is 1. The zero-order valence-electron chi connectivity index (χ0n) is 8.97. The van der Waals surface area contributed by atoms with Gasteiger partial charge in [-0.25, -0.2) is 4.98 Å². The molecule has 0 aliphatic carbocycles. The summed E-state index contributed by atoms with van der Waals surface area (Å²) in [5.41, 5.74) is 0.387. The number of Topliss-reactive ketones (excluding diaryl/α,β-unsaturated/α-hetero) is 1. The van der Waals surface area contributed by atoms with Crippen LogP contribution in [0.5, 0.6) is 5.75 Å². The van der Waals surface area contributed by atoms with E-state index in [1.54, 1.807) is 12.1 Å². The maximum Gasteiger partial charge on any atom is 0.303 e. The van der Waals surface area contributed by atoms with Crippen molar-refractivity contribution in [2.75, 3.05) is 6.61 Å². The first-order valence-corrected chi connectivity index (χ1v) is 4.91. The normalized spacial score (nSPS) is 9.81. The van der Waals surface area contributed by atoms with Crippen molar-refractivity contribution in [3.8, 4) is 5.75 Å². The van der Waals surface area contributed by atoms with E-state index in [0.29, 0.717) is 24.5 Å². The molecule has 0 atom stereocenters. The van der Waals surface area contributed by atoms with Crippen molar-refractivity contribution in [1.82, 2.24) is 4.98 Å². The third-order valence-electron chi connectivity index (χ3n) is 1.90. The molecule has 0 unspecified atom stereocenters. The van der Waals surface area contributed by atoms with Gasteiger partial charge in [-0.3, -0.25) is 9.59 Å². The van der Waals surface area contributed by atoms with E-state index >= 15 is 0 Å². The lowest BCUT2D eigenvalue weighted by Gasteiger charge is -2.04. The molecule has 0 fully saturated rings. The Morgan fingerprint density at radius 3 is 2.69 bits per heavy atom. The number of aromatic nitrogens is 1. The van der Waals surface area contributed by atoms with Crippen LogP contribution in [0.25, 0.3) is 0 Å². The Bertz CT molecular complexity index is 372. The Balaban J connectivity index is 2.38. The van der Waals surface area contributed by atoms with E-state index in [2.05, 4.69) is 4.98 Å². The summed E-state index contributed by atoms with van der Waals surface area (Å²) in [6.07, 6.45) is 1.99. The van der Waals surface area contributed by atoms with E-state index in [9.17, 15) is 9.59 Å². The van der Waals surface area contributed by atoms with Crippen LogP contribution >= 0.6 is 0 Å². The van der Waals surface area contributed by atoms with Crippen LogP contribution in [0.4, 0.5) is 0 Å². The number of hydrogen-bond acceptors (Lipinski definition) is 4. The Labute approximate surface area is 93.1 Å². The lowest BCUT2D eigenvalue weighted by atomic mass is 10.3. The van der Waals surface area contributed by atoms with Crippen LogP contribution in [0.1, 0.15) is 30.3 Å². The summed E-state index contributed by atoms with van der Waals surface area (Å²) in [7, 11) is 0. The second-order valence-corrected chi connectivity index (χ2v) is 3.28. The monoisotopic (exact) mass is 223 g/mol. The molecule has 0 spiro atoms. The fourth-order valence-electron chi connectivity index (χ4n) is 1.09. The molecule has 0 aliphatic rings. The Morgan fingerprint density at radius 2 is 2.19 bits per heavy atom. The molecule has 0 bridgehead atoms. The zero-order valence-corrected chi connectivity index (χ0v) is 8.97. The zero-order chi connectivity index (χ0) is 12.0. The molecule has 1 N–H and O–H groups in total. The van der Waals surface area contributed by atoms with Crippen molar-refractivity contribution >= 4 is 11.8 Å². The molecule has 0 saturated heterocycles. The predicted molar refractivity (Wildman–Crippen MR) is 56.6 cm³/mol. The van der Waals surface area contributed by atoms with Crippen LogP contribution in [-0.4, -0.2) is 28.4 Å². The number of aliphatic carboxylic acids is 1. The summed E-state index contributed by atoms with van der Waals surface area (Å²) >= 11 is 0. The molecule has 1 aromatic rings. The summed E-state index contributed by atoms with van der Waals surface area (Å²) in [6.45, 7) is 1.77. The number of rotatable bonds is 6. The van der Waals surface area contributed by atoms with Gasteiger partial charge in [-0.1, -0.05) is 0 Å². The van der Waals surface area contributed by atoms with Crippen molar-refractivity contribution < 1.29 is 19.4 Å². The molecule has 5 nitrogen and oxygen atoms in total. The van der Waals surface area contributed by atoms with Crippen LogP contribution in [0.15, 0.2) is 18.3 Å². The molecule has 86 valence electrons. The van der Waals surface area contributed by atoms with Gasteiger partial charge < -0.3 is 9.84 Å². The highest BCUT2D eigenvalue weighted by molar-refractivity contribution is 5.92. The predicted octanol–water partition coefficient (Wildman–Crippen LogP) is 1.53. The van der Waals surface area contributed by atoms with Gasteiger partial charge in [0.2, 0.25) is 0 Å². The molecule has 5 heteroatoms. The van der Waals surface area contributed by atoms with Gasteiger partial charge in [0.15, 0.2) is 5.78 Å². The highest BCUT2D eigenvalue weighted by Crippen LogP contribution is 2.10. The van der Waals surface area contributed by atoms with Gasteiger partial charge in [0.1, 0.15) is 11.4 Å². The van der Waals surface area contributed by atoms with Gasteiger partial charge in [-0.15, -0.1) is 0 Å².